The fraction of sp³-hybridized carbons (Fsp3) is 0.667. The predicted molar refractivity (Wildman–Crippen MR) is 78.6 cm³/mol. The molecule has 3 nitrogen and oxygen atoms in total. The molecule has 0 bridgehead atoms. The highest BCUT2D eigenvalue weighted by atomic mass is 14.8. The number of pyridine rings is 1. The third kappa shape index (κ3) is 7.28. The van der Waals surface area contributed by atoms with Crippen LogP contribution in [0.1, 0.15) is 51.1 Å². The topological polar surface area (TPSA) is 50.9 Å². The van der Waals surface area contributed by atoms with Crippen molar-refractivity contribution in [2.45, 2.75) is 51.9 Å². The molecule has 0 spiro atoms. The molecule has 1 aromatic rings. The molecule has 0 radical (unpaired) electrons. The number of anilines is 1. The molecule has 1 aromatic heterocycles. The van der Waals surface area contributed by atoms with Crippen molar-refractivity contribution in [1.82, 2.24) is 10.3 Å². The van der Waals surface area contributed by atoms with Crippen molar-refractivity contribution in [3.63, 3.8) is 0 Å². The number of aromatic nitrogens is 1. The van der Waals surface area contributed by atoms with Gasteiger partial charge in [-0.1, -0.05) is 39.0 Å². The van der Waals surface area contributed by atoms with Crippen molar-refractivity contribution >= 4 is 5.69 Å². The molecular formula is C15H27N3. The second-order valence-corrected chi connectivity index (χ2v) is 4.85. The van der Waals surface area contributed by atoms with Crippen molar-refractivity contribution in [1.29, 1.82) is 0 Å². The quantitative estimate of drug-likeness (QED) is 0.626. The van der Waals surface area contributed by atoms with E-state index < -0.39 is 0 Å². The number of nitrogen functional groups attached to an aromatic ring is 1. The van der Waals surface area contributed by atoms with E-state index in [1.165, 1.54) is 38.5 Å². The Hall–Kier alpha value is -1.09. The third-order valence-corrected chi connectivity index (χ3v) is 3.11. The summed E-state index contributed by atoms with van der Waals surface area (Å²) in [6.07, 6.45) is 10.8. The van der Waals surface area contributed by atoms with Gasteiger partial charge in [-0.25, -0.2) is 0 Å². The zero-order valence-electron chi connectivity index (χ0n) is 11.6. The molecule has 18 heavy (non-hydrogen) atoms. The van der Waals surface area contributed by atoms with Crippen LogP contribution < -0.4 is 11.1 Å². The number of nitrogens with one attached hydrogen (secondary N) is 1. The molecule has 0 unspecified atom stereocenters. The summed E-state index contributed by atoms with van der Waals surface area (Å²) >= 11 is 0. The van der Waals surface area contributed by atoms with Crippen LogP contribution in [0.15, 0.2) is 18.3 Å². The lowest BCUT2D eigenvalue weighted by Gasteiger charge is -2.05. The molecule has 1 rings (SSSR count). The average molecular weight is 249 g/mol. The van der Waals surface area contributed by atoms with Crippen molar-refractivity contribution < 1.29 is 0 Å². The normalized spacial score (nSPS) is 10.7. The maximum Gasteiger partial charge on any atom is 0.0501 e. The molecule has 0 fully saturated rings. The van der Waals surface area contributed by atoms with E-state index in [4.69, 9.17) is 5.73 Å². The van der Waals surface area contributed by atoms with Crippen LogP contribution in [-0.2, 0) is 6.42 Å². The lowest BCUT2D eigenvalue weighted by molar-refractivity contribution is 0.572. The zero-order valence-corrected chi connectivity index (χ0v) is 11.6. The van der Waals surface area contributed by atoms with Gasteiger partial charge >= 0.3 is 0 Å². The number of hydrogen-bond donors (Lipinski definition) is 2. The first-order valence-corrected chi connectivity index (χ1v) is 7.24. The van der Waals surface area contributed by atoms with Crippen LogP contribution >= 0.6 is 0 Å². The van der Waals surface area contributed by atoms with Crippen LogP contribution in [0.3, 0.4) is 0 Å². The van der Waals surface area contributed by atoms with Gasteiger partial charge in [0, 0.05) is 18.7 Å². The molecule has 0 saturated heterocycles. The lowest BCUT2D eigenvalue weighted by Crippen LogP contribution is -2.18. The Kier molecular flexibility index (Phi) is 8.23. The standard InChI is InChI=1S/C15H27N3/c1-2-3-4-5-6-7-11-17-12-10-15-9-8-14(16)13-18-15/h8-9,13,17H,2-7,10-12,16H2,1H3. The van der Waals surface area contributed by atoms with Crippen molar-refractivity contribution in [2.75, 3.05) is 18.8 Å². The lowest BCUT2D eigenvalue weighted by atomic mass is 10.1. The second kappa shape index (κ2) is 9.89. The number of nitrogens with two attached hydrogens (primary N) is 1. The van der Waals surface area contributed by atoms with Crippen molar-refractivity contribution in [2.24, 2.45) is 0 Å². The minimum atomic E-state index is 0.735. The van der Waals surface area contributed by atoms with E-state index in [0.29, 0.717) is 0 Å². The summed E-state index contributed by atoms with van der Waals surface area (Å²) in [5.41, 5.74) is 7.44. The Morgan fingerprint density at radius 2 is 1.83 bits per heavy atom. The molecule has 1 heterocycles. The van der Waals surface area contributed by atoms with Gasteiger partial charge in [0.1, 0.15) is 0 Å². The minimum absolute atomic E-state index is 0.735. The van der Waals surface area contributed by atoms with E-state index in [2.05, 4.69) is 17.2 Å². The van der Waals surface area contributed by atoms with Crippen LogP contribution in [0.2, 0.25) is 0 Å². The first-order valence-electron chi connectivity index (χ1n) is 7.24. The van der Waals surface area contributed by atoms with Gasteiger partial charge in [-0.15, -0.1) is 0 Å². The summed E-state index contributed by atoms with van der Waals surface area (Å²) in [7, 11) is 0. The van der Waals surface area contributed by atoms with Gasteiger partial charge in [-0.05, 0) is 25.1 Å². The smallest absolute Gasteiger partial charge is 0.0501 e. The predicted octanol–water partition coefficient (Wildman–Crippen LogP) is 3.16. The maximum absolute atomic E-state index is 5.59. The molecule has 3 heteroatoms. The van der Waals surface area contributed by atoms with Gasteiger partial charge < -0.3 is 11.1 Å². The second-order valence-electron chi connectivity index (χ2n) is 4.85. The first-order chi connectivity index (χ1) is 8.83. The molecule has 0 atom stereocenters. The molecule has 102 valence electrons. The molecule has 0 saturated carbocycles. The van der Waals surface area contributed by atoms with Crippen LogP contribution in [0.25, 0.3) is 0 Å². The Morgan fingerprint density at radius 3 is 2.56 bits per heavy atom. The number of rotatable bonds is 10. The summed E-state index contributed by atoms with van der Waals surface area (Å²) in [6, 6.07) is 3.91. The molecule has 0 amide bonds. The fourth-order valence-electron chi connectivity index (χ4n) is 1.96. The van der Waals surface area contributed by atoms with E-state index in [1.54, 1.807) is 6.20 Å². The van der Waals surface area contributed by atoms with E-state index in [-0.39, 0.29) is 0 Å². The van der Waals surface area contributed by atoms with Crippen LogP contribution in [0.4, 0.5) is 5.69 Å². The van der Waals surface area contributed by atoms with E-state index in [1.807, 2.05) is 12.1 Å². The first kappa shape index (κ1) is 15.0. The van der Waals surface area contributed by atoms with Crippen LogP contribution in [0.5, 0.6) is 0 Å². The molecule has 0 aliphatic carbocycles. The number of nitrogens with zero attached hydrogens (tertiary/aromatic N) is 1. The summed E-state index contributed by atoms with van der Waals surface area (Å²) in [4.78, 5) is 4.28. The number of hydrogen-bond acceptors (Lipinski definition) is 3. The van der Waals surface area contributed by atoms with E-state index in [0.717, 1.165) is 30.9 Å². The Balaban J connectivity index is 1.91. The van der Waals surface area contributed by atoms with Crippen LogP contribution in [-0.4, -0.2) is 18.1 Å². The monoisotopic (exact) mass is 249 g/mol. The zero-order chi connectivity index (χ0) is 13.1. The average Bonchev–Trinajstić information content (AvgIpc) is 2.39. The SMILES string of the molecule is CCCCCCCCNCCc1ccc(N)cn1. The fourth-order valence-corrected chi connectivity index (χ4v) is 1.96. The maximum atomic E-state index is 5.59. The summed E-state index contributed by atoms with van der Waals surface area (Å²) in [5.74, 6) is 0. The van der Waals surface area contributed by atoms with Crippen molar-refractivity contribution in [3.05, 3.63) is 24.0 Å². The Bertz CT molecular complexity index is 295. The molecular weight excluding hydrogens is 222 g/mol. The third-order valence-electron chi connectivity index (χ3n) is 3.11. The van der Waals surface area contributed by atoms with Gasteiger partial charge in [-0.3, -0.25) is 4.98 Å². The summed E-state index contributed by atoms with van der Waals surface area (Å²) in [6.45, 7) is 4.39. The van der Waals surface area contributed by atoms with Gasteiger partial charge in [0.05, 0.1) is 11.9 Å². The highest BCUT2D eigenvalue weighted by molar-refractivity contribution is 5.34. The molecule has 0 aromatic carbocycles. The van der Waals surface area contributed by atoms with Gasteiger partial charge in [0.2, 0.25) is 0 Å². The Morgan fingerprint density at radius 1 is 1.06 bits per heavy atom. The van der Waals surface area contributed by atoms with E-state index >= 15 is 0 Å². The molecule has 3 N–H and O–H groups in total. The summed E-state index contributed by atoms with van der Waals surface area (Å²) in [5, 5.41) is 3.47. The van der Waals surface area contributed by atoms with Crippen LogP contribution in [0, 0.1) is 0 Å². The van der Waals surface area contributed by atoms with Gasteiger partial charge in [-0.2, -0.15) is 0 Å². The van der Waals surface area contributed by atoms with Gasteiger partial charge in [0.25, 0.3) is 0 Å². The molecule has 0 aliphatic rings. The largest absolute Gasteiger partial charge is 0.397 e. The Labute approximate surface area is 111 Å². The van der Waals surface area contributed by atoms with Gasteiger partial charge in [0.15, 0.2) is 0 Å². The minimum Gasteiger partial charge on any atom is -0.397 e. The molecule has 0 aliphatic heterocycles. The van der Waals surface area contributed by atoms with Crippen molar-refractivity contribution in [3.8, 4) is 0 Å². The highest BCUT2D eigenvalue weighted by Gasteiger charge is 1.94. The number of unbranched alkanes of at least 4 members (excludes halogenated alkanes) is 5. The summed E-state index contributed by atoms with van der Waals surface area (Å²) < 4.78 is 0. The highest BCUT2D eigenvalue weighted by Crippen LogP contribution is 2.04. The van der Waals surface area contributed by atoms with E-state index in [9.17, 15) is 0 Å².